The van der Waals surface area contributed by atoms with Gasteiger partial charge in [0, 0.05) is 29.7 Å². The Morgan fingerprint density at radius 3 is 2.24 bits per heavy atom. The Morgan fingerprint density at radius 2 is 1.62 bits per heavy atom. The van der Waals surface area contributed by atoms with Crippen molar-refractivity contribution >= 4 is 28.8 Å². The standard InChI is InChI=1S/C23H24F3N5O3/c1-2-3-4-5-14-34-19-12-8-16(9-13-19)28-21-20(23(24,25)26)15-27-22(30-21)29-17-6-10-18(11-7-17)31(32)33/h6-13,15H,2-5,14H2,1H3,(H2,27,28,29,30). The van der Waals surface area contributed by atoms with E-state index in [0.717, 1.165) is 25.7 Å². The van der Waals surface area contributed by atoms with Crippen LogP contribution < -0.4 is 15.4 Å². The van der Waals surface area contributed by atoms with E-state index in [1.54, 1.807) is 24.3 Å². The number of unbranched alkanes of at least 4 members (excludes halogenated alkanes) is 3. The predicted molar refractivity (Wildman–Crippen MR) is 123 cm³/mol. The highest BCUT2D eigenvalue weighted by atomic mass is 19.4. The minimum Gasteiger partial charge on any atom is -0.494 e. The summed E-state index contributed by atoms with van der Waals surface area (Å²) in [7, 11) is 0. The summed E-state index contributed by atoms with van der Waals surface area (Å²) in [4.78, 5) is 17.9. The van der Waals surface area contributed by atoms with E-state index in [2.05, 4.69) is 27.5 Å². The van der Waals surface area contributed by atoms with E-state index in [-0.39, 0.29) is 11.6 Å². The van der Waals surface area contributed by atoms with Crippen LogP contribution in [0.5, 0.6) is 5.75 Å². The molecule has 2 N–H and O–H groups in total. The molecular formula is C23H24F3N5O3. The fraction of sp³-hybridized carbons (Fsp3) is 0.304. The molecule has 0 bridgehead atoms. The lowest BCUT2D eigenvalue weighted by Gasteiger charge is -2.15. The quantitative estimate of drug-likeness (QED) is 0.178. The van der Waals surface area contributed by atoms with Crippen LogP contribution in [0.2, 0.25) is 0 Å². The number of benzene rings is 2. The van der Waals surface area contributed by atoms with Gasteiger partial charge in [0.05, 0.1) is 11.5 Å². The maximum atomic E-state index is 13.5. The van der Waals surface area contributed by atoms with Gasteiger partial charge < -0.3 is 15.4 Å². The van der Waals surface area contributed by atoms with Crippen molar-refractivity contribution in [1.29, 1.82) is 0 Å². The molecule has 8 nitrogen and oxygen atoms in total. The van der Waals surface area contributed by atoms with Crippen LogP contribution in [0.3, 0.4) is 0 Å². The summed E-state index contributed by atoms with van der Waals surface area (Å²) in [6.45, 7) is 2.71. The number of nitrogens with zero attached hydrogens (tertiary/aromatic N) is 3. The molecule has 0 unspecified atom stereocenters. The van der Waals surface area contributed by atoms with Gasteiger partial charge in [-0.1, -0.05) is 26.2 Å². The lowest BCUT2D eigenvalue weighted by molar-refractivity contribution is -0.384. The van der Waals surface area contributed by atoms with Crippen molar-refractivity contribution < 1.29 is 22.8 Å². The Bertz CT molecular complexity index is 1090. The molecule has 0 aliphatic heterocycles. The topological polar surface area (TPSA) is 102 Å². The Balaban J connectivity index is 1.73. The number of anilines is 4. The third-order valence-electron chi connectivity index (χ3n) is 4.81. The highest BCUT2D eigenvalue weighted by molar-refractivity contribution is 5.63. The number of ether oxygens (including phenoxy) is 1. The van der Waals surface area contributed by atoms with Crippen molar-refractivity contribution in [3.8, 4) is 5.75 Å². The van der Waals surface area contributed by atoms with E-state index in [1.165, 1.54) is 24.3 Å². The molecule has 0 saturated heterocycles. The monoisotopic (exact) mass is 475 g/mol. The van der Waals surface area contributed by atoms with E-state index in [0.29, 0.717) is 29.9 Å². The van der Waals surface area contributed by atoms with Crippen molar-refractivity contribution in [3.63, 3.8) is 0 Å². The van der Waals surface area contributed by atoms with Gasteiger partial charge in [-0.05, 0) is 42.8 Å². The van der Waals surface area contributed by atoms with Gasteiger partial charge in [-0.25, -0.2) is 4.98 Å². The SMILES string of the molecule is CCCCCCOc1ccc(Nc2nc(Nc3ccc([N+](=O)[O-])cc3)ncc2C(F)(F)F)cc1. The first-order valence-corrected chi connectivity index (χ1v) is 10.7. The maximum absolute atomic E-state index is 13.5. The molecule has 1 aromatic heterocycles. The molecule has 0 fully saturated rings. The molecule has 0 amide bonds. The second-order valence-corrected chi connectivity index (χ2v) is 7.44. The zero-order chi connectivity index (χ0) is 24.6. The zero-order valence-corrected chi connectivity index (χ0v) is 18.4. The molecule has 11 heteroatoms. The average molecular weight is 475 g/mol. The Hall–Kier alpha value is -3.89. The van der Waals surface area contributed by atoms with E-state index < -0.39 is 22.5 Å². The lowest BCUT2D eigenvalue weighted by atomic mass is 10.2. The maximum Gasteiger partial charge on any atom is 0.421 e. The first-order chi connectivity index (χ1) is 16.3. The predicted octanol–water partition coefficient (Wildman–Crippen LogP) is 6.85. The highest BCUT2D eigenvalue weighted by Crippen LogP contribution is 2.35. The van der Waals surface area contributed by atoms with Gasteiger partial charge >= 0.3 is 6.18 Å². The summed E-state index contributed by atoms with van der Waals surface area (Å²) < 4.78 is 46.2. The van der Waals surface area contributed by atoms with Crippen LogP contribution in [-0.2, 0) is 6.18 Å². The normalized spacial score (nSPS) is 11.2. The van der Waals surface area contributed by atoms with Crippen molar-refractivity contribution in [2.45, 2.75) is 38.8 Å². The van der Waals surface area contributed by atoms with E-state index in [4.69, 9.17) is 4.74 Å². The molecule has 1 heterocycles. The third kappa shape index (κ3) is 7.06. The zero-order valence-electron chi connectivity index (χ0n) is 18.4. The molecule has 2 aromatic carbocycles. The van der Waals surface area contributed by atoms with Gasteiger partial charge in [-0.2, -0.15) is 18.2 Å². The molecule has 3 aromatic rings. The van der Waals surface area contributed by atoms with Crippen LogP contribution in [0.15, 0.2) is 54.7 Å². The van der Waals surface area contributed by atoms with Crippen LogP contribution in [-0.4, -0.2) is 21.5 Å². The number of hydrogen-bond acceptors (Lipinski definition) is 7. The number of rotatable bonds is 11. The van der Waals surface area contributed by atoms with Crippen molar-refractivity contribution in [2.24, 2.45) is 0 Å². The fourth-order valence-electron chi connectivity index (χ4n) is 3.03. The molecule has 0 radical (unpaired) electrons. The van der Waals surface area contributed by atoms with Gasteiger partial charge in [0.15, 0.2) is 0 Å². The number of halogens is 3. The molecule has 34 heavy (non-hydrogen) atoms. The Labute approximate surface area is 194 Å². The summed E-state index contributed by atoms with van der Waals surface area (Å²) in [5.74, 6) is 0.0952. The Morgan fingerprint density at radius 1 is 0.971 bits per heavy atom. The number of alkyl halides is 3. The average Bonchev–Trinajstić information content (AvgIpc) is 2.80. The molecule has 0 saturated carbocycles. The number of nitro benzene ring substituents is 1. The highest BCUT2D eigenvalue weighted by Gasteiger charge is 2.35. The van der Waals surface area contributed by atoms with Gasteiger partial charge in [-0.3, -0.25) is 10.1 Å². The smallest absolute Gasteiger partial charge is 0.421 e. The van der Waals surface area contributed by atoms with Crippen LogP contribution in [0.4, 0.5) is 42.0 Å². The Kier molecular flexibility index (Phi) is 8.23. The van der Waals surface area contributed by atoms with Crippen LogP contribution >= 0.6 is 0 Å². The van der Waals surface area contributed by atoms with Gasteiger partial charge in [0.2, 0.25) is 5.95 Å². The molecule has 3 rings (SSSR count). The summed E-state index contributed by atoms with van der Waals surface area (Å²) >= 11 is 0. The van der Waals surface area contributed by atoms with Crippen molar-refractivity contribution in [2.75, 3.05) is 17.2 Å². The summed E-state index contributed by atoms with van der Waals surface area (Å²) in [5.41, 5.74) is -0.367. The molecule has 180 valence electrons. The molecular weight excluding hydrogens is 451 g/mol. The molecule has 0 aliphatic rings. The first kappa shape index (κ1) is 24.7. The molecule has 0 spiro atoms. The molecule has 0 atom stereocenters. The summed E-state index contributed by atoms with van der Waals surface area (Å²) in [6.07, 6.45) is 0.309. The summed E-state index contributed by atoms with van der Waals surface area (Å²) in [6, 6.07) is 11.9. The number of nitrogens with one attached hydrogen (secondary N) is 2. The number of hydrogen-bond donors (Lipinski definition) is 2. The third-order valence-corrected chi connectivity index (χ3v) is 4.81. The van der Waals surface area contributed by atoms with E-state index >= 15 is 0 Å². The van der Waals surface area contributed by atoms with Gasteiger partial charge in [-0.15, -0.1) is 0 Å². The second kappa shape index (κ2) is 11.3. The van der Waals surface area contributed by atoms with E-state index in [1.807, 2.05) is 0 Å². The number of nitro groups is 1. The minimum absolute atomic E-state index is 0.101. The number of non-ortho nitro benzene ring substituents is 1. The number of aromatic nitrogens is 2. The van der Waals surface area contributed by atoms with Crippen molar-refractivity contribution in [3.05, 3.63) is 70.4 Å². The van der Waals surface area contributed by atoms with Gasteiger partial charge in [0.25, 0.3) is 5.69 Å². The lowest BCUT2D eigenvalue weighted by Crippen LogP contribution is -2.12. The van der Waals surface area contributed by atoms with Crippen LogP contribution in [0.1, 0.15) is 38.2 Å². The first-order valence-electron chi connectivity index (χ1n) is 10.7. The van der Waals surface area contributed by atoms with Crippen LogP contribution in [0, 0.1) is 10.1 Å². The second-order valence-electron chi connectivity index (χ2n) is 7.44. The minimum atomic E-state index is -4.67. The van der Waals surface area contributed by atoms with Crippen LogP contribution in [0.25, 0.3) is 0 Å². The largest absolute Gasteiger partial charge is 0.494 e. The van der Waals surface area contributed by atoms with Gasteiger partial charge in [0.1, 0.15) is 17.1 Å². The molecule has 0 aliphatic carbocycles. The summed E-state index contributed by atoms with van der Waals surface area (Å²) in [5, 5.41) is 16.2. The van der Waals surface area contributed by atoms with E-state index in [9.17, 15) is 23.3 Å². The van der Waals surface area contributed by atoms with Crippen molar-refractivity contribution in [1.82, 2.24) is 9.97 Å². The fourth-order valence-corrected chi connectivity index (χ4v) is 3.03.